The third-order valence-corrected chi connectivity index (χ3v) is 5.84. The van der Waals surface area contributed by atoms with Gasteiger partial charge < -0.3 is 14.8 Å². The van der Waals surface area contributed by atoms with E-state index in [0.717, 1.165) is 29.8 Å². The van der Waals surface area contributed by atoms with Gasteiger partial charge in [-0.15, -0.1) is 0 Å². The van der Waals surface area contributed by atoms with Crippen molar-refractivity contribution in [1.82, 2.24) is 0 Å². The first kappa shape index (κ1) is 21.3. The van der Waals surface area contributed by atoms with Gasteiger partial charge in [-0.1, -0.05) is 25.3 Å². The van der Waals surface area contributed by atoms with Gasteiger partial charge in [0.15, 0.2) is 11.2 Å². The molecule has 2 aliphatic rings. The van der Waals surface area contributed by atoms with Crippen molar-refractivity contribution < 1.29 is 19.1 Å². The summed E-state index contributed by atoms with van der Waals surface area (Å²) < 4.78 is 11.6. The van der Waals surface area contributed by atoms with E-state index in [1.165, 1.54) is 0 Å². The van der Waals surface area contributed by atoms with E-state index in [1.807, 2.05) is 31.2 Å². The number of ether oxygens (including phenoxy) is 2. The van der Waals surface area contributed by atoms with Crippen LogP contribution < -0.4 is 5.32 Å². The van der Waals surface area contributed by atoms with Crippen LogP contribution in [-0.2, 0) is 25.5 Å². The van der Waals surface area contributed by atoms with Crippen molar-refractivity contribution in [1.29, 1.82) is 0 Å². The molecule has 1 saturated heterocycles. The second-order valence-electron chi connectivity index (χ2n) is 8.51. The summed E-state index contributed by atoms with van der Waals surface area (Å²) >= 11 is 0. The predicted molar refractivity (Wildman–Crippen MR) is 113 cm³/mol. The molecule has 0 amide bonds. The van der Waals surface area contributed by atoms with Crippen LogP contribution in [0.2, 0.25) is 0 Å². The predicted octanol–water partition coefficient (Wildman–Crippen LogP) is 4.44. The van der Waals surface area contributed by atoms with Gasteiger partial charge in [0.1, 0.15) is 0 Å². The molecule has 1 aromatic rings. The number of nitrogens with one attached hydrogen (secondary N) is 1. The lowest BCUT2D eigenvalue weighted by Gasteiger charge is -2.41. The Labute approximate surface area is 173 Å². The third-order valence-electron chi connectivity index (χ3n) is 5.84. The van der Waals surface area contributed by atoms with Crippen LogP contribution in [0.15, 0.2) is 48.7 Å². The van der Waals surface area contributed by atoms with Crippen molar-refractivity contribution in [3.8, 4) is 0 Å². The number of esters is 1. The van der Waals surface area contributed by atoms with Crippen LogP contribution in [0, 0.1) is 11.3 Å². The zero-order valence-electron chi connectivity index (χ0n) is 17.6. The van der Waals surface area contributed by atoms with E-state index in [2.05, 4.69) is 18.5 Å². The van der Waals surface area contributed by atoms with Crippen molar-refractivity contribution in [2.45, 2.75) is 58.7 Å². The molecule has 3 atom stereocenters. The first-order valence-electron chi connectivity index (χ1n) is 10.3. The lowest BCUT2D eigenvalue weighted by atomic mass is 9.72. The van der Waals surface area contributed by atoms with E-state index in [1.54, 1.807) is 13.8 Å². The van der Waals surface area contributed by atoms with Crippen LogP contribution in [0.1, 0.15) is 45.6 Å². The number of anilines is 1. The van der Waals surface area contributed by atoms with Gasteiger partial charge in [-0.05, 0) is 70.1 Å². The molecule has 3 unspecified atom stereocenters. The standard InChI is InChI=1S/C24H31NO4/c1-15(2)25-20-11-8-18(9-12-20)10-13-21-24(5,22(26)16(3)17(4)29-21)23(27)28-14-19-6-7-19/h8-9,11-12,17,19,21,25H,1,3,6-7,10,13-14H2,2,4-5H3. The minimum Gasteiger partial charge on any atom is -0.465 e. The zero-order valence-corrected chi connectivity index (χ0v) is 17.6. The molecule has 3 rings (SSSR count). The molecule has 1 heterocycles. The van der Waals surface area contributed by atoms with Gasteiger partial charge in [-0.2, -0.15) is 0 Å². The molecule has 29 heavy (non-hydrogen) atoms. The third kappa shape index (κ3) is 4.78. The number of benzene rings is 1. The fraction of sp³-hybridized carbons (Fsp3) is 0.500. The molecular formula is C24H31NO4. The van der Waals surface area contributed by atoms with E-state index >= 15 is 0 Å². The van der Waals surface area contributed by atoms with E-state index in [0.29, 0.717) is 30.9 Å². The lowest BCUT2D eigenvalue weighted by molar-refractivity contribution is -0.177. The highest BCUT2D eigenvalue weighted by atomic mass is 16.5. The Morgan fingerprint density at radius 1 is 1.31 bits per heavy atom. The minimum atomic E-state index is -1.35. The molecule has 5 nitrogen and oxygen atoms in total. The minimum absolute atomic E-state index is 0.261. The number of rotatable bonds is 8. The van der Waals surface area contributed by atoms with E-state index in [9.17, 15) is 9.59 Å². The van der Waals surface area contributed by atoms with Crippen LogP contribution in [-0.4, -0.2) is 30.6 Å². The maximum Gasteiger partial charge on any atom is 0.322 e. The zero-order chi connectivity index (χ0) is 21.2. The summed E-state index contributed by atoms with van der Waals surface area (Å²) in [5.74, 6) is -0.314. The number of aryl methyl sites for hydroxylation is 1. The number of hydrogen-bond donors (Lipinski definition) is 1. The van der Waals surface area contributed by atoms with Crippen LogP contribution in [0.4, 0.5) is 5.69 Å². The number of carbonyl (C=O) groups is 2. The molecule has 5 heteroatoms. The molecule has 156 valence electrons. The Hall–Kier alpha value is -2.40. The van der Waals surface area contributed by atoms with E-state index in [4.69, 9.17) is 9.47 Å². The molecule has 1 aliphatic carbocycles. The summed E-state index contributed by atoms with van der Waals surface area (Å²) in [5, 5.41) is 3.18. The van der Waals surface area contributed by atoms with Crippen LogP contribution in [0.25, 0.3) is 0 Å². The molecule has 1 aliphatic heterocycles. The number of ketones is 1. The summed E-state index contributed by atoms with van der Waals surface area (Å²) in [4.78, 5) is 25.9. The summed E-state index contributed by atoms with van der Waals surface area (Å²) in [5.41, 5.74) is 1.95. The van der Waals surface area contributed by atoms with Crippen molar-refractivity contribution >= 4 is 17.4 Å². The average Bonchev–Trinajstić information content (AvgIpc) is 3.51. The van der Waals surface area contributed by atoms with Gasteiger partial charge >= 0.3 is 5.97 Å². The molecular weight excluding hydrogens is 366 g/mol. The Bertz CT molecular complexity index is 809. The molecule has 0 radical (unpaired) electrons. The van der Waals surface area contributed by atoms with Crippen molar-refractivity contribution in [3.05, 3.63) is 54.3 Å². The summed E-state index contributed by atoms with van der Waals surface area (Å²) in [6.45, 7) is 13.4. The second kappa shape index (κ2) is 8.54. The highest BCUT2D eigenvalue weighted by Gasteiger charge is 2.55. The van der Waals surface area contributed by atoms with Crippen molar-refractivity contribution in [2.24, 2.45) is 11.3 Å². The van der Waals surface area contributed by atoms with Gasteiger partial charge in [0.25, 0.3) is 0 Å². The Kier molecular flexibility index (Phi) is 6.27. The molecule has 0 aromatic heterocycles. The molecule has 1 aromatic carbocycles. The molecule has 1 saturated carbocycles. The second-order valence-corrected chi connectivity index (χ2v) is 8.51. The van der Waals surface area contributed by atoms with Gasteiger partial charge in [-0.25, -0.2) is 0 Å². The van der Waals surface area contributed by atoms with Crippen LogP contribution in [0.3, 0.4) is 0 Å². The number of carbonyl (C=O) groups excluding carboxylic acids is 2. The Balaban J connectivity index is 1.71. The highest BCUT2D eigenvalue weighted by Crippen LogP contribution is 2.40. The largest absolute Gasteiger partial charge is 0.465 e. The molecule has 0 bridgehead atoms. The van der Waals surface area contributed by atoms with Gasteiger partial charge in [0, 0.05) is 17.0 Å². The van der Waals surface area contributed by atoms with E-state index < -0.39 is 23.6 Å². The highest BCUT2D eigenvalue weighted by molar-refractivity contribution is 6.13. The first-order valence-corrected chi connectivity index (χ1v) is 10.3. The molecule has 0 spiro atoms. The average molecular weight is 398 g/mol. The normalized spacial score (nSPS) is 26.9. The summed E-state index contributed by atoms with van der Waals surface area (Å²) in [7, 11) is 0. The van der Waals surface area contributed by atoms with Crippen LogP contribution >= 0.6 is 0 Å². The maximum atomic E-state index is 13.0. The van der Waals surface area contributed by atoms with E-state index in [-0.39, 0.29) is 5.78 Å². The smallest absolute Gasteiger partial charge is 0.322 e. The lowest BCUT2D eigenvalue weighted by Crippen LogP contribution is -2.55. The Morgan fingerprint density at radius 2 is 1.97 bits per heavy atom. The maximum absolute atomic E-state index is 13.0. The van der Waals surface area contributed by atoms with Gasteiger partial charge in [-0.3, -0.25) is 9.59 Å². The number of Topliss-reactive ketones (excluding diaryl/α,β-unsaturated/α-hetero) is 1. The van der Waals surface area contributed by atoms with Crippen molar-refractivity contribution in [2.75, 3.05) is 11.9 Å². The van der Waals surface area contributed by atoms with Gasteiger partial charge in [0.05, 0.1) is 18.8 Å². The fourth-order valence-corrected chi connectivity index (χ4v) is 3.64. The fourth-order valence-electron chi connectivity index (χ4n) is 3.64. The number of hydrogen-bond acceptors (Lipinski definition) is 5. The summed E-state index contributed by atoms with van der Waals surface area (Å²) in [6, 6.07) is 8.04. The van der Waals surface area contributed by atoms with Gasteiger partial charge in [0.2, 0.25) is 0 Å². The molecule has 2 fully saturated rings. The van der Waals surface area contributed by atoms with Crippen LogP contribution in [0.5, 0.6) is 0 Å². The number of allylic oxidation sites excluding steroid dienone is 1. The topological polar surface area (TPSA) is 64.6 Å². The van der Waals surface area contributed by atoms with Crippen molar-refractivity contribution in [3.63, 3.8) is 0 Å². The quantitative estimate of drug-likeness (QED) is 0.399. The Morgan fingerprint density at radius 3 is 2.55 bits per heavy atom. The SMILES string of the molecule is C=C(C)Nc1ccc(CCC2OC(C)C(=C)C(=O)C2(C)C(=O)OCC2CC2)cc1. The summed E-state index contributed by atoms with van der Waals surface area (Å²) in [6.07, 6.45) is 2.45. The first-order chi connectivity index (χ1) is 13.7. The monoisotopic (exact) mass is 397 g/mol. The molecule has 1 N–H and O–H groups in total.